The van der Waals surface area contributed by atoms with E-state index in [4.69, 9.17) is 5.11 Å². The molecule has 1 N–H and O–H groups in total. The Morgan fingerprint density at radius 1 is 1.43 bits per heavy atom. The average molecular weight is 233 g/mol. The van der Waals surface area contributed by atoms with Gasteiger partial charge in [0.25, 0.3) is 0 Å². The largest absolute Gasteiger partial charge is 0.478 e. The third-order valence-electron chi connectivity index (χ3n) is 2.06. The number of aliphatic carboxylic acids is 1. The second-order valence-electron chi connectivity index (χ2n) is 3.14. The Morgan fingerprint density at radius 3 is 2.50 bits per heavy atom. The fourth-order valence-corrected chi connectivity index (χ4v) is 3.15. The van der Waals surface area contributed by atoms with Gasteiger partial charge in [0, 0.05) is 36.7 Å². The van der Waals surface area contributed by atoms with Crippen LogP contribution in [0.1, 0.15) is 6.92 Å². The number of hydrogen-bond donors (Lipinski definition) is 1. The van der Waals surface area contributed by atoms with Crippen LogP contribution in [0.4, 0.5) is 0 Å². The monoisotopic (exact) mass is 233 g/mol. The van der Waals surface area contributed by atoms with Gasteiger partial charge in [0.15, 0.2) is 0 Å². The summed E-state index contributed by atoms with van der Waals surface area (Å²) in [5.74, 6) is 1.44. The summed E-state index contributed by atoms with van der Waals surface area (Å²) in [5, 5.41) is 8.67. The van der Waals surface area contributed by atoms with Crippen molar-refractivity contribution in [1.82, 2.24) is 4.90 Å². The summed E-state index contributed by atoms with van der Waals surface area (Å²) in [6, 6.07) is 0. The van der Waals surface area contributed by atoms with Gasteiger partial charge in [0.1, 0.15) is 0 Å². The number of carboxylic acids is 1. The zero-order chi connectivity index (χ0) is 10.4. The van der Waals surface area contributed by atoms with E-state index in [-0.39, 0.29) is 0 Å². The molecular weight excluding hydrogens is 218 g/mol. The van der Waals surface area contributed by atoms with Crippen LogP contribution in [-0.4, -0.2) is 47.1 Å². The Bertz CT molecular complexity index is 223. The Balaban J connectivity index is 2.35. The number of carboxylic acid groups (broad SMARTS) is 1. The molecule has 1 aliphatic rings. The normalized spacial score (nSPS) is 20.5. The molecule has 14 heavy (non-hydrogen) atoms. The molecule has 1 heterocycles. The van der Waals surface area contributed by atoms with Crippen molar-refractivity contribution in [2.24, 2.45) is 0 Å². The van der Waals surface area contributed by atoms with Gasteiger partial charge in [-0.3, -0.25) is 4.90 Å². The van der Waals surface area contributed by atoms with Gasteiger partial charge in [-0.1, -0.05) is 27.7 Å². The highest BCUT2D eigenvalue weighted by Crippen LogP contribution is 2.23. The van der Waals surface area contributed by atoms with E-state index in [0.29, 0.717) is 5.57 Å². The minimum Gasteiger partial charge on any atom is -0.478 e. The third-order valence-corrected chi connectivity index (χ3v) is 4.42. The molecule has 0 bridgehead atoms. The first-order chi connectivity index (χ1) is 6.70. The summed E-state index contributed by atoms with van der Waals surface area (Å²) in [5.41, 5.74) is 0.439. The standard InChI is InChI=1S/C9H15NO2S2/c1-8(9(11)12)2-3-10-4-6-13-14-7-5-10/h2H,3-7H2,1H3,(H,11,12)/b8-2+. The lowest BCUT2D eigenvalue weighted by Crippen LogP contribution is -2.27. The maximum atomic E-state index is 10.5. The molecule has 0 aromatic rings. The molecule has 0 aromatic carbocycles. The van der Waals surface area contributed by atoms with Crippen LogP contribution in [-0.2, 0) is 4.79 Å². The molecule has 0 amide bonds. The molecule has 1 rings (SSSR count). The van der Waals surface area contributed by atoms with E-state index in [0.717, 1.165) is 31.1 Å². The lowest BCUT2D eigenvalue weighted by Gasteiger charge is -2.16. The SMILES string of the molecule is C/C(=C\CN1CCSSCC1)C(=O)O. The van der Waals surface area contributed by atoms with Gasteiger partial charge in [-0.15, -0.1) is 0 Å². The average Bonchev–Trinajstić information content (AvgIpc) is 2.42. The Labute approximate surface area is 92.3 Å². The van der Waals surface area contributed by atoms with Crippen molar-refractivity contribution in [3.05, 3.63) is 11.6 Å². The van der Waals surface area contributed by atoms with Crippen LogP contribution in [0.5, 0.6) is 0 Å². The van der Waals surface area contributed by atoms with Crippen molar-refractivity contribution in [2.75, 3.05) is 31.1 Å². The molecule has 0 radical (unpaired) electrons. The second-order valence-corrected chi connectivity index (χ2v) is 5.84. The number of hydrogen-bond acceptors (Lipinski definition) is 4. The Kier molecular flexibility index (Phi) is 5.44. The van der Waals surface area contributed by atoms with Crippen molar-refractivity contribution in [3.63, 3.8) is 0 Å². The molecule has 0 spiro atoms. The van der Waals surface area contributed by atoms with Crippen molar-refractivity contribution >= 4 is 27.6 Å². The first-order valence-corrected chi connectivity index (χ1v) is 7.06. The van der Waals surface area contributed by atoms with E-state index in [9.17, 15) is 4.79 Å². The highest BCUT2D eigenvalue weighted by molar-refractivity contribution is 8.76. The van der Waals surface area contributed by atoms with Crippen LogP contribution < -0.4 is 0 Å². The summed E-state index contributed by atoms with van der Waals surface area (Å²) in [6.07, 6.45) is 1.79. The maximum Gasteiger partial charge on any atom is 0.330 e. The molecule has 0 aliphatic carbocycles. The highest BCUT2D eigenvalue weighted by Gasteiger charge is 2.08. The first-order valence-electron chi connectivity index (χ1n) is 4.57. The third kappa shape index (κ3) is 4.39. The molecule has 1 fully saturated rings. The van der Waals surface area contributed by atoms with Gasteiger partial charge in [-0.25, -0.2) is 4.79 Å². The topological polar surface area (TPSA) is 40.5 Å². The van der Waals surface area contributed by atoms with Gasteiger partial charge >= 0.3 is 5.97 Å². The van der Waals surface area contributed by atoms with E-state index in [1.54, 1.807) is 13.0 Å². The van der Waals surface area contributed by atoms with Gasteiger partial charge < -0.3 is 5.11 Å². The van der Waals surface area contributed by atoms with Gasteiger partial charge in [0.05, 0.1) is 0 Å². The maximum absolute atomic E-state index is 10.5. The zero-order valence-electron chi connectivity index (χ0n) is 8.23. The molecule has 0 unspecified atom stereocenters. The Hall–Kier alpha value is -0.130. The van der Waals surface area contributed by atoms with Crippen LogP contribution in [0.3, 0.4) is 0 Å². The van der Waals surface area contributed by atoms with E-state index in [2.05, 4.69) is 4.90 Å². The van der Waals surface area contributed by atoms with Crippen LogP contribution in [0.2, 0.25) is 0 Å². The smallest absolute Gasteiger partial charge is 0.330 e. The molecule has 1 saturated heterocycles. The fourth-order valence-electron chi connectivity index (χ4n) is 1.10. The number of nitrogens with zero attached hydrogens (tertiary/aromatic N) is 1. The van der Waals surface area contributed by atoms with Crippen molar-refractivity contribution in [3.8, 4) is 0 Å². The molecular formula is C9H15NO2S2. The van der Waals surface area contributed by atoms with Crippen LogP contribution in [0.25, 0.3) is 0 Å². The zero-order valence-corrected chi connectivity index (χ0v) is 9.87. The van der Waals surface area contributed by atoms with Crippen LogP contribution in [0.15, 0.2) is 11.6 Å². The molecule has 0 aromatic heterocycles. The summed E-state index contributed by atoms with van der Waals surface area (Å²) >= 11 is 0. The van der Waals surface area contributed by atoms with E-state index < -0.39 is 5.97 Å². The second kappa shape index (κ2) is 6.37. The van der Waals surface area contributed by atoms with Crippen molar-refractivity contribution < 1.29 is 9.90 Å². The molecule has 0 saturated carbocycles. The number of rotatable bonds is 3. The first kappa shape index (κ1) is 11.9. The minimum absolute atomic E-state index is 0.439. The summed E-state index contributed by atoms with van der Waals surface area (Å²) in [4.78, 5) is 12.8. The summed E-state index contributed by atoms with van der Waals surface area (Å²) < 4.78 is 0. The van der Waals surface area contributed by atoms with Gasteiger partial charge in [-0.05, 0) is 6.92 Å². The molecule has 80 valence electrons. The fraction of sp³-hybridized carbons (Fsp3) is 0.667. The highest BCUT2D eigenvalue weighted by atomic mass is 33.1. The quantitative estimate of drug-likeness (QED) is 0.593. The lowest BCUT2D eigenvalue weighted by atomic mass is 10.3. The van der Waals surface area contributed by atoms with Crippen molar-refractivity contribution in [2.45, 2.75) is 6.92 Å². The molecule has 0 atom stereocenters. The number of carbonyl (C=O) groups is 1. The summed E-state index contributed by atoms with van der Waals surface area (Å²) in [6.45, 7) is 4.52. The van der Waals surface area contributed by atoms with E-state index in [1.807, 2.05) is 21.6 Å². The minimum atomic E-state index is -0.816. The lowest BCUT2D eigenvalue weighted by molar-refractivity contribution is -0.132. The molecule has 5 heteroatoms. The van der Waals surface area contributed by atoms with E-state index >= 15 is 0 Å². The van der Waals surface area contributed by atoms with Crippen LogP contribution in [0, 0.1) is 0 Å². The predicted molar refractivity (Wildman–Crippen MR) is 62.7 cm³/mol. The van der Waals surface area contributed by atoms with Crippen LogP contribution >= 0.6 is 21.6 Å². The summed E-state index contributed by atoms with van der Waals surface area (Å²) in [7, 11) is 3.80. The predicted octanol–water partition coefficient (Wildman–Crippen LogP) is 1.71. The van der Waals surface area contributed by atoms with Gasteiger partial charge in [-0.2, -0.15) is 0 Å². The Morgan fingerprint density at radius 2 is 2.00 bits per heavy atom. The molecule has 3 nitrogen and oxygen atoms in total. The van der Waals surface area contributed by atoms with Gasteiger partial charge in [0.2, 0.25) is 0 Å². The molecule has 1 aliphatic heterocycles. The van der Waals surface area contributed by atoms with E-state index in [1.165, 1.54) is 0 Å². The van der Waals surface area contributed by atoms with Crippen molar-refractivity contribution in [1.29, 1.82) is 0 Å².